The maximum absolute atomic E-state index is 13.2. The molecule has 0 aliphatic heterocycles. The van der Waals surface area contributed by atoms with Gasteiger partial charge in [0.25, 0.3) is 5.91 Å². The minimum Gasteiger partial charge on any atom is -0.393 e. The quantitative estimate of drug-likeness (QED) is 0.433. The lowest BCUT2D eigenvalue weighted by atomic mass is 9.93. The lowest BCUT2D eigenvalue weighted by Gasteiger charge is -2.26. The van der Waals surface area contributed by atoms with E-state index in [2.05, 4.69) is 30.7 Å². The molecule has 1 aromatic carbocycles. The molecule has 0 spiro atoms. The first-order valence-corrected chi connectivity index (χ1v) is 11.0. The summed E-state index contributed by atoms with van der Waals surface area (Å²) in [6, 6.07) is 11.3. The lowest BCUT2D eigenvalue weighted by molar-refractivity contribution is 0.102. The minimum absolute atomic E-state index is 0.216. The Bertz CT molecular complexity index is 1280. The fourth-order valence-corrected chi connectivity index (χ4v) is 4.14. The van der Waals surface area contributed by atoms with Gasteiger partial charge in [-0.2, -0.15) is 5.10 Å². The van der Waals surface area contributed by atoms with Crippen LogP contribution < -0.4 is 10.6 Å². The van der Waals surface area contributed by atoms with Crippen molar-refractivity contribution in [3.8, 4) is 11.3 Å². The highest BCUT2D eigenvalue weighted by atomic mass is 16.3. The number of hydrogen-bond donors (Lipinski definition) is 3. The topological polar surface area (TPSA) is 118 Å². The first kappa shape index (κ1) is 21.0. The van der Waals surface area contributed by atoms with Crippen molar-refractivity contribution >= 4 is 28.6 Å². The summed E-state index contributed by atoms with van der Waals surface area (Å²) >= 11 is 0. The Morgan fingerprint density at radius 3 is 2.70 bits per heavy atom. The van der Waals surface area contributed by atoms with Gasteiger partial charge in [-0.1, -0.05) is 12.1 Å². The molecule has 1 fully saturated rings. The number of aliphatic hydroxyl groups is 1. The van der Waals surface area contributed by atoms with Crippen LogP contribution in [0.25, 0.3) is 22.2 Å². The molecule has 3 heterocycles. The monoisotopic (exact) mass is 443 g/mol. The average molecular weight is 444 g/mol. The van der Waals surface area contributed by atoms with Crippen molar-refractivity contribution in [2.75, 3.05) is 10.6 Å². The second kappa shape index (κ2) is 8.95. The van der Waals surface area contributed by atoms with Gasteiger partial charge in [0.1, 0.15) is 5.82 Å². The van der Waals surface area contributed by atoms with Gasteiger partial charge < -0.3 is 15.7 Å². The minimum atomic E-state index is -0.268. The number of fused-ring (bicyclic) bond motifs is 1. The zero-order valence-corrected chi connectivity index (χ0v) is 18.3. The number of amides is 1. The second-order valence-corrected chi connectivity index (χ2v) is 8.32. The van der Waals surface area contributed by atoms with E-state index in [0.29, 0.717) is 22.8 Å². The maximum atomic E-state index is 13.2. The van der Waals surface area contributed by atoms with Gasteiger partial charge in [0, 0.05) is 48.7 Å². The van der Waals surface area contributed by atoms with E-state index in [1.807, 2.05) is 30.3 Å². The molecule has 168 valence electrons. The molecule has 9 nitrogen and oxygen atoms in total. The molecule has 0 saturated heterocycles. The number of nitrogens with one attached hydrogen (secondary N) is 2. The number of hydrogen-bond acceptors (Lipinski definition) is 7. The van der Waals surface area contributed by atoms with Crippen molar-refractivity contribution in [3.05, 3.63) is 60.6 Å². The molecular formula is C24H25N7O2. The summed E-state index contributed by atoms with van der Waals surface area (Å²) < 4.78 is 1.64. The van der Waals surface area contributed by atoms with Crippen LogP contribution in [0.3, 0.4) is 0 Å². The van der Waals surface area contributed by atoms with Crippen molar-refractivity contribution in [1.29, 1.82) is 0 Å². The van der Waals surface area contributed by atoms with Crippen LogP contribution in [0.2, 0.25) is 0 Å². The molecule has 4 aromatic rings. The van der Waals surface area contributed by atoms with Crippen molar-refractivity contribution in [2.24, 2.45) is 7.05 Å². The second-order valence-electron chi connectivity index (χ2n) is 8.32. The fraction of sp³-hybridized carbons (Fsp3) is 0.292. The fourth-order valence-electron chi connectivity index (χ4n) is 4.14. The molecular weight excluding hydrogens is 418 g/mol. The van der Waals surface area contributed by atoms with E-state index in [1.54, 1.807) is 36.4 Å². The molecule has 9 heteroatoms. The predicted molar refractivity (Wildman–Crippen MR) is 126 cm³/mol. The van der Waals surface area contributed by atoms with Gasteiger partial charge in [0.05, 0.1) is 22.9 Å². The van der Waals surface area contributed by atoms with Gasteiger partial charge in [-0.25, -0.2) is 9.97 Å². The van der Waals surface area contributed by atoms with E-state index in [0.717, 1.165) is 42.3 Å². The summed E-state index contributed by atoms with van der Waals surface area (Å²) in [5, 5.41) is 21.3. The van der Waals surface area contributed by atoms with Crippen LogP contribution in [0.4, 0.5) is 11.8 Å². The van der Waals surface area contributed by atoms with E-state index in [4.69, 9.17) is 0 Å². The Labute approximate surface area is 190 Å². The number of nitrogens with zero attached hydrogens (tertiary/aromatic N) is 5. The number of aryl methyl sites for hydroxylation is 1. The number of para-hydroxylation sites is 1. The van der Waals surface area contributed by atoms with E-state index >= 15 is 0 Å². The standard InChI is InChI=1S/C24H25N7O2/c1-31-21(13-20(30-31)15-9-11-25-12-10-15)28-23(33)19-4-2-3-16-14-26-24(29-22(16)19)27-17-5-7-18(32)8-6-17/h2-4,9-14,17-18,32H,5-8H2,1H3,(H,28,33)(H,26,27,29). The highest BCUT2D eigenvalue weighted by Crippen LogP contribution is 2.24. The lowest BCUT2D eigenvalue weighted by Crippen LogP contribution is -2.29. The van der Waals surface area contributed by atoms with Crippen molar-refractivity contribution in [2.45, 2.75) is 37.8 Å². The Balaban J connectivity index is 1.39. The molecule has 0 radical (unpaired) electrons. The maximum Gasteiger partial charge on any atom is 0.259 e. The SMILES string of the molecule is Cn1nc(-c2ccncc2)cc1NC(=O)c1cccc2cnc(NC3CCC(O)CC3)nc12. The number of carbonyl (C=O) groups is 1. The summed E-state index contributed by atoms with van der Waals surface area (Å²) in [4.78, 5) is 26.3. The average Bonchev–Trinajstić information content (AvgIpc) is 3.20. The third kappa shape index (κ3) is 4.54. The summed E-state index contributed by atoms with van der Waals surface area (Å²) in [5.41, 5.74) is 2.72. The highest BCUT2D eigenvalue weighted by molar-refractivity contribution is 6.11. The Hall–Kier alpha value is -3.85. The van der Waals surface area contributed by atoms with Crippen molar-refractivity contribution in [3.63, 3.8) is 0 Å². The first-order chi connectivity index (χ1) is 16.1. The van der Waals surface area contributed by atoms with Crippen LogP contribution in [0, 0.1) is 0 Å². The van der Waals surface area contributed by atoms with Crippen molar-refractivity contribution in [1.82, 2.24) is 24.7 Å². The Kier molecular flexibility index (Phi) is 5.70. The normalized spacial score (nSPS) is 18.2. The van der Waals surface area contributed by atoms with Gasteiger partial charge >= 0.3 is 0 Å². The van der Waals surface area contributed by atoms with E-state index in [9.17, 15) is 9.90 Å². The Morgan fingerprint density at radius 2 is 1.91 bits per heavy atom. The molecule has 0 unspecified atom stereocenters. The zero-order chi connectivity index (χ0) is 22.8. The Morgan fingerprint density at radius 1 is 1.12 bits per heavy atom. The van der Waals surface area contributed by atoms with Gasteiger partial charge in [0.2, 0.25) is 5.95 Å². The summed E-state index contributed by atoms with van der Waals surface area (Å²) in [7, 11) is 1.79. The number of anilines is 2. The molecule has 33 heavy (non-hydrogen) atoms. The van der Waals surface area contributed by atoms with Crippen LogP contribution in [0.1, 0.15) is 36.0 Å². The summed E-state index contributed by atoms with van der Waals surface area (Å²) in [5.74, 6) is 0.803. The molecule has 1 saturated carbocycles. The van der Waals surface area contributed by atoms with Crippen LogP contribution in [0.5, 0.6) is 0 Å². The van der Waals surface area contributed by atoms with Crippen LogP contribution in [0.15, 0.2) is 55.0 Å². The molecule has 1 aliphatic rings. The third-order valence-corrected chi connectivity index (χ3v) is 5.98. The molecule has 5 rings (SSSR count). The number of aliphatic hydroxyl groups excluding tert-OH is 1. The highest BCUT2D eigenvalue weighted by Gasteiger charge is 2.21. The largest absolute Gasteiger partial charge is 0.393 e. The van der Waals surface area contributed by atoms with Crippen molar-refractivity contribution < 1.29 is 9.90 Å². The summed E-state index contributed by atoms with van der Waals surface area (Å²) in [6.07, 6.45) is 8.19. The molecule has 3 N–H and O–H groups in total. The number of aromatic nitrogens is 5. The predicted octanol–water partition coefficient (Wildman–Crippen LogP) is 3.39. The van der Waals surface area contributed by atoms with Gasteiger partial charge in [-0.05, 0) is 43.9 Å². The smallest absolute Gasteiger partial charge is 0.259 e. The van der Waals surface area contributed by atoms with Gasteiger partial charge in [-0.15, -0.1) is 0 Å². The van der Waals surface area contributed by atoms with E-state index in [-0.39, 0.29) is 18.1 Å². The van der Waals surface area contributed by atoms with Crippen LogP contribution >= 0.6 is 0 Å². The molecule has 1 aliphatic carbocycles. The first-order valence-electron chi connectivity index (χ1n) is 11.0. The van der Waals surface area contributed by atoms with E-state index in [1.165, 1.54) is 0 Å². The molecule has 3 aromatic heterocycles. The molecule has 0 atom stereocenters. The summed E-state index contributed by atoms with van der Waals surface area (Å²) in [6.45, 7) is 0. The van der Waals surface area contributed by atoms with Gasteiger partial charge in [0.15, 0.2) is 0 Å². The third-order valence-electron chi connectivity index (χ3n) is 5.98. The zero-order valence-electron chi connectivity index (χ0n) is 18.3. The number of pyridine rings is 1. The molecule has 1 amide bonds. The number of rotatable bonds is 5. The van der Waals surface area contributed by atoms with Crippen LogP contribution in [-0.2, 0) is 7.05 Å². The number of benzene rings is 1. The van der Waals surface area contributed by atoms with E-state index < -0.39 is 0 Å². The molecule has 0 bridgehead atoms. The van der Waals surface area contributed by atoms with Gasteiger partial charge in [-0.3, -0.25) is 14.5 Å². The number of carbonyl (C=O) groups excluding carboxylic acids is 1. The van der Waals surface area contributed by atoms with Crippen LogP contribution in [-0.4, -0.2) is 47.9 Å².